The van der Waals surface area contributed by atoms with Crippen LogP contribution in [0.15, 0.2) is 77.6 Å². The maximum absolute atomic E-state index is 12.4. The van der Waals surface area contributed by atoms with E-state index in [2.05, 4.69) is 5.10 Å². The first-order valence-electron chi connectivity index (χ1n) is 7.91. The molecule has 1 heterocycles. The highest BCUT2D eigenvalue weighted by atomic mass is 16.1. The van der Waals surface area contributed by atoms with E-state index in [1.165, 1.54) is 16.8 Å². The Kier molecular flexibility index (Phi) is 4.96. The van der Waals surface area contributed by atoms with Crippen molar-refractivity contribution in [3.05, 3.63) is 100.0 Å². The number of rotatable bonds is 6. The molecular weight excluding hydrogens is 300 g/mol. The molecule has 4 nitrogen and oxygen atoms in total. The molecule has 0 unspecified atom stereocenters. The lowest BCUT2D eigenvalue weighted by atomic mass is 10.1. The van der Waals surface area contributed by atoms with E-state index in [0.717, 1.165) is 11.1 Å². The monoisotopic (exact) mass is 318 g/mol. The first-order chi connectivity index (χ1) is 11.7. The summed E-state index contributed by atoms with van der Waals surface area (Å²) in [5.74, 6) is -0.0549. The maximum Gasteiger partial charge on any atom is 0.267 e. The average Bonchev–Trinajstić information content (AvgIpc) is 2.63. The van der Waals surface area contributed by atoms with Gasteiger partial charge in [0.1, 0.15) is 5.69 Å². The summed E-state index contributed by atoms with van der Waals surface area (Å²) in [5.41, 5.74) is 2.21. The van der Waals surface area contributed by atoms with E-state index in [1.807, 2.05) is 60.7 Å². The molecule has 0 amide bonds. The Morgan fingerprint density at radius 1 is 0.833 bits per heavy atom. The van der Waals surface area contributed by atoms with Crippen molar-refractivity contribution in [2.45, 2.75) is 19.4 Å². The van der Waals surface area contributed by atoms with Crippen LogP contribution in [0.4, 0.5) is 0 Å². The molecule has 0 atom stereocenters. The van der Waals surface area contributed by atoms with E-state index < -0.39 is 0 Å². The lowest BCUT2D eigenvalue weighted by Crippen LogP contribution is -2.25. The average molecular weight is 318 g/mol. The molecule has 4 heteroatoms. The van der Waals surface area contributed by atoms with Gasteiger partial charge in [0.05, 0.1) is 6.54 Å². The molecule has 120 valence electrons. The van der Waals surface area contributed by atoms with Crippen LogP contribution in [0.3, 0.4) is 0 Å². The van der Waals surface area contributed by atoms with Gasteiger partial charge in [0.2, 0.25) is 0 Å². The van der Waals surface area contributed by atoms with Crippen LogP contribution in [-0.2, 0) is 13.0 Å². The minimum Gasteiger partial charge on any atom is -0.292 e. The summed E-state index contributed by atoms with van der Waals surface area (Å²) in [5, 5.41) is 4.23. The van der Waals surface area contributed by atoms with Crippen LogP contribution in [0.25, 0.3) is 0 Å². The SMILES string of the molecule is O=C(CCc1ccccc1)c1ccc(=O)n(Cc2ccccc2)n1. The van der Waals surface area contributed by atoms with Gasteiger partial charge < -0.3 is 0 Å². The van der Waals surface area contributed by atoms with Crippen molar-refractivity contribution in [2.75, 3.05) is 0 Å². The summed E-state index contributed by atoms with van der Waals surface area (Å²) in [6, 6.07) is 22.4. The van der Waals surface area contributed by atoms with Gasteiger partial charge >= 0.3 is 0 Å². The van der Waals surface area contributed by atoms with Crippen LogP contribution in [0.5, 0.6) is 0 Å². The molecule has 0 fully saturated rings. The van der Waals surface area contributed by atoms with Crippen molar-refractivity contribution in [1.82, 2.24) is 9.78 Å². The van der Waals surface area contributed by atoms with E-state index in [0.29, 0.717) is 25.1 Å². The first-order valence-corrected chi connectivity index (χ1v) is 7.91. The molecule has 0 N–H and O–H groups in total. The summed E-state index contributed by atoms with van der Waals surface area (Å²) in [4.78, 5) is 24.3. The zero-order valence-corrected chi connectivity index (χ0v) is 13.3. The molecule has 2 aromatic carbocycles. The topological polar surface area (TPSA) is 52.0 Å². The molecule has 0 saturated carbocycles. The molecule has 24 heavy (non-hydrogen) atoms. The highest BCUT2D eigenvalue weighted by Gasteiger charge is 2.10. The number of ketones is 1. The molecule has 0 aliphatic rings. The van der Waals surface area contributed by atoms with Crippen molar-refractivity contribution >= 4 is 5.78 Å². The second-order valence-electron chi connectivity index (χ2n) is 5.61. The quantitative estimate of drug-likeness (QED) is 0.656. The third kappa shape index (κ3) is 4.04. The van der Waals surface area contributed by atoms with Gasteiger partial charge in [-0.3, -0.25) is 9.59 Å². The molecule has 0 aliphatic carbocycles. The Balaban J connectivity index is 1.73. The van der Waals surface area contributed by atoms with Gasteiger partial charge in [0, 0.05) is 12.5 Å². The molecule has 3 aromatic rings. The smallest absolute Gasteiger partial charge is 0.267 e. The number of nitrogens with zero attached hydrogens (tertiary/aromatic N) is 2. The Hall–Kier alpha value is -3.01. The number of aromatic nitrogens is 2. The van der Waals surface area contributed by atoms with E-state index in [1.54, 1.807) is 0 Å². The maximum atomic E-state index is 12.4. The lowest BCUT2D eigenvalue weighted by molar-refractivity contribution is 0.0975. The van der Waals surface area contributed by atoms with E-state index >= 15 is 0 Å². The number of aryl methyl sites for hydroxylation is 1. The van der Waals surface area contributed by atoms with Crippen LogP contribution in [0.1, 0.15) is 28.0 Å². The second-order valence-corrected chi connectivity index (χ2v) is 5.61. The highest BCUT2D eigenvalue weighted by molar-refractivity contribution is 5.94. The molecule has 0 radical (unpaired) electrons. The summed E-state index contributed by atoms with van der Waals surface area (Å²) in [6.45, 7) is 0.361. The summed E-state index contributed by atoms with van der Waals surface area (Å²) >= 11 is 0. The predicted molar refractivity (Wildman–Crippen MR) is 93.1 cm³/mol. The Bertz CT molecular complexity index is 871. The molecule has 3 rings (SSSR count). The normalized spacial score (nSPS) is 10.5. The fraction of sp³-hybridized carbons (Fsp3) is 0.150. The van der Waals surface area contributed by atoms with Crippen LogP contribution < -0.4 is 5.56 Å². The fourth-order valence-electron chi connectivity index (χ4n) is 2.50. The van der Waals surface area contributed by atoms with Gasteiger partial charge in [-0.2, -0.15) is 5.10 Å². The van der Waals surface area contributed by atoms with Crippen LogP contribution >= 0.6 is 0 Å². The highest BCUT2D eigenvalue weighted by Crippen LogP contribution is 2.07. The van der Waals surface area contributed by atoms with Gasteiger partial charge in [-0.15, -0.1) is 0 Å². The lowest BCUT2D eigenvalue weighted by Gasteiger charge is -2.07. The van der Waals surface area contributed by atoms with Crippen LogP contribution in [0, 0.1) is 0 Å². The second kappa shape index (κ2) is 7.51. The molecular formula is C20H18N2O2. The van der Waals surface area contributed by atoms with Crippen LogP contribution in [-0.4, -0.2) is 15.6 Å². The standard InChI is InChI=1S/C20H18N2O2/c23-19(13-11-16-7-3-1-4-8-16)18-12-14-20(24)22(21-18)15-17-9-5-2-6-10-17/h1-10,12,14H,11,13,15H2. The zero-order chi connectivity index (χ0) is 16.8. The van der Waals surface area contributed by atoms with Gasteiger partial charge in [0.25, 0.3) is 5.56 Å². The van der Waals surface area contributed by atoms with Crippen molar-refractivity contribution in [2.24, 2.45) is 0 Å². The largest absolute Gasteiger partial charge is 0.292 e. The van der Waals surface area contributed by atoms with Crippen molar-refractivity contribution < 1.29 is 4.79 Å². The Labute approximate surface area is 140 Å². The molecule has 0 aliphatic heterocycles. The van der Waals surface area contributed by atoms with E-state index in [-0.39, 0.29) is 11.3 Å². The summed E-state index contributed by atoms with van der Waals surface area (Å²) < 4.78 is 1.34. The van der Waals surface area contributed by atoms with Crippen molar-refractivity contribution in [3.63, 3.8) is 0 Å². The van der Waals surface area contributed by atoms with Crippen LogP contribution in [0.2, 0.25) is 0 Å². The number of hydrogen-bond acceptors (Lipinski definition) is 3. The minimum absolute atomic E-state index is 0.0549. The van der Waals surface area contributed by atoms with Gasteiger partial charge in [-0.05, 0) is 23.6 Å². The van der Waals surface area contributed by atoms with E-state index in [9.17, 15) is 9.59 Å². The summed E-state index contributed by atoms with van der Waals surface area (Å²) in [7, 11) is 0. The Morgan fingerprint density at radius 3 is 2.12 bits per heavy atom. The van der Waals surface area contributed by atoms with Gasteiger partial charge in [-0.25, -0.2) is 4.68 Å². The summed E-state index contributed by atoms with van der Waals surface area (Å²) in [6.07, 6.45) is 1.04. The fourth-order valence-corrected chi connectivity index (χ4v) is 2.50. The van der Waals surface area contributed by atoms with Gasteiger partial charge in [-0.1, -0.05) is 60.7 Å². The number of Topliss-reactive ketones (excluding diaryl/α,β-unsaturated/α-hetero) is 1. The third-order valence-electron chi connectivity index (χ3n) is 3.81. The number of carbonyl (C=O) groups is 1. The predicted octanol–water partition coefficient (Wildman–Crippen LogP) is 3.11. The number of hydrogen-bond donors (Lipinski definition) is 0. The Morgan fingerprint density at radius 2 is 1.46 bits per heavy atom. The van der Waals surface area contributed by atoms with Crippen molar-refractivity contribution in [3.8, 4) is 0 Å². The molecule has 0 saturated heterocycles. The van der Waals surface area contributed by atoms with Gasteiger partial charge in [0.15, 0.2) is 5.78 Å². The molecule has 0 bridgehead atoms. The van der Waals surface area contributed by atoms with E-state index in [4.69, 9.17) is 0 Å². The zero-order valence-electron chi connectivity index (χ0n) is 13.3. The number of carbonyl (C=O) groups excluding carboxylic acids is 1. The van der Waals surface area contributed by atoms with Crippen molar-refractivity contribution in [1.29, 1.82) is 0 Å². The minimum atomic E-state index is -0.210. The molecule has 0 spiro atoms. The first kappa shape index (κ1) is 15.9. The molecule has 1 aromatic heterocycles. The number of benzene rings is 2. The third-order valence-corrected chi connectivity index (χ3v) is 3.81.